The van der Waals surface area contributed by atoms with Gasteiger partial charge in [0.25, 0.3) is 5.91 Å². The van der Waals surface area contributed by atoms with Gasteiger partial charge in [-0.1, -0.05) is 19.8 Å². The molecule has 1 aromatic heterocycles. The Morgan fingerprint density at radius 3 is 2.62 bits per heavy atom. The molecule has 0 bridgehead atoms. The molecule has 0 unspecified atom stereocenters. The summed E-state index contributed by atoms with van der Waals surface area (Å²) in [4.78, 5) is 18.7. The van der Waals surface area contributed by atoms with Crippen molar-refractivity contribution in [1.29, 1.82) is 0 Å². The fourth-order valence-corrected chi connectivity index (χ4v) is 2.32. The van der Waals surface area contributed by atoms with Gasteiger partial charge in [0.2, 0.25) is 5.88 Å². The Morgan fingerprint density at radius 1 is 1.29 bits per heavy atom. The van der Waals surface area contributed by atoms with Gasteiger partial charge in [-0.2, -0.15) is 0 Å². The van der Waals surface area contributed by atoms with Crippen molar-refractivity contribution in [3.05, 3.63) is 41.1 Å². The third-order valence-electron chi connectivity index (χ3n) is 3.70. The van der Waals surface area contributed by atoms with Crippen LogP contribution in [0.5, 0.6) is 11.6 Å². The van der Waals surface area contributed by atoms with E-state index in [-0.39, 0.29) is 17.3 Å². The van der Waals surface area contributed by atoms with Crippen molar-refractivity contribution in [1.82, 2.24) is 9.97 Å². The minimum absolute atomic E-state index is 0.0107. The number of amides is 1. The van der Waals surface area contributed by atoms with E-state index in [9.17, 15) is 9.18 Å². The molecule has 128 valence electrons. The smallest absolute Gasteiger partial charge is 0.268 e. The number of unbranched alkanes of at least 4 members (excludes halogenated alkanes) is 2. The first-order valence-electron chi connectivity index (χ1n) is 7.81. The van der Waals surface area contributed by atoms with Crippen molar-refractivity contribution in [2.75, 3.05) is 5.73 Å². The Balaban J connectivity index is 2.27. The van der Waals surface area contributed by atoms with Crippen LogP contribution in [0, 0.1) is 12.7 Å². The maximum absolute atomic E-state index is 14.7. The number of hydrogen-bond donors (Lipinski definition) is 2. The zero-order chi connectivity index (χ0) is 17.7. The SMILES string of the molecule is CCCCCc1c(N)c(C)cc(Oc2cnc(C(N)=O)cn2)c1F. The number of nitrogens with two attached hydrogens (primary N) is 2. The molecule has 1 amide bonds. The molecule has 6 nitrogen and oxygen atoms in total. The van der Waals surface area contributed by atoms with Gasteiger partial charge in [0.05, 0.1) is 12.4 Å². The Morgan fingerprint density at radius 2 is 2.04 bits per heavy atom. The second kappa shape index (κ2) is 7.72. The average molecular weight is 332 g/mol. The molecule has 1 heterocycles. The van der Waals surface area contributed by atoms with Gasteiger partial charge in [-0.25, -0.2) is 14.4 Å². The van der Waals surface area contributed by atoms with Crippen molar-refractivity contribution >= 4 is 11.6 Å². The third-order valence-corrected chi connectivity index (χ3v) is 3.70. The van der Waals surface area contributed by atoms with Gasteiger partial charge in [0.15, 0.2) is 11.6 Å². The van der Waals surface area contributed by atoms with E-state index < -0.39 is 11.7 Å². The Hall–Kier alpha value is -2.70. The average Bonchev–Trinajstić information content (AvgIpc) is 2.56. The molecule has 0 radical (unpaired) electrons. The highest BCUT2D eigenvalue weighted by Gasteiger charge is 2.17. The van der Waals surface area contributed by atoms with Gasteiger partial charge in [-0.3, -0.25) is 4.79 Å². The van der Waals surface area contributed by atoms with E-state index in [1.807, 2.05) is 0 Å². The number of halogens is 1. The maximum atomic E-state index is 14.7. The van der Waals surface area contributed by atoms with Crippen LogP contribution in [0.2, 0.25) is 0 Å². The predicted molar refractivity (Wildman–Crippen MR) is 89.4 cm³/mol. The van der Waals surface area contributed by atoms with Crippen LogP contribution in [0.15, 0.2) is 18.5 Å². The van der Waals surface area contributed by atoms with E-state index in [0.29, 0.717) is 17.7 Å². The van der Waals surface area contributed by atoms with E-state index in [1.165, 1.54) is 18.5 Å². The number of aromatic nitrogens is 2. The van der Waals surface area contributed by atoms with Crippen molar-refractivity contribution < 1.29 is 13.9 Å². The Kier molecular flexibility index (Phi) is 5.68. The van der Waals surface area contributed by atoms with Crippen LogP contribution in [0.4, 0.5) is 10.1 Å². The van der Waals surface area contributed by atoms with Crippen LogP contribution in [0.1, 0.15) is 47.8 Å². The summed E-state index contributed by atoms with van der Waals surface area (Å²) in [5, 5.41) is 0. The number of nitrogen functional groups attached to an aromatic ring is 1. The summed E-state index contributed by atoms with van der Waals surface area (Å²) in [5.41, 5.74) is 12.8. The van der Waals surface area contributed by atoms with Crippen LogP contribution in [0.3, 0.4) is 0 Å². The van der Waals surface area contributed by atoms with E-state index in [0.717, 1.165) is 24.8 Å². The molecule has 2 rings (SSSR count). The monoisotopic (exact) mass is 332 g/mol. The molecule has 1 aromatic carbocycles. The maximum Gasteiger partial charge on any atom is 0.268 e. The number of carbonyl (C=O) groups excluding carboxylic acids is 1. The fourth-order valence-electron chi connectivity index (χ4n) is 2.32. The molecule has 0 aliphatic heterocycles. The number of anilines is 1. The number of ether oxygens (including phenoxy) is 1. The molecule has 0 fully saturated rings. The molecule has 0 aliphatic rings. The number of rotatable bonds is 7. The topological polar surface area (TPSA) is 104 Å². The highest BCUT2D eigenvalue weighted by Crippen LogP contribution is 2.32. The zero-order valence-corrected chi connectivity index (χ0v) is 13.8. The largest absolute Gasteiger partial charge is 0.434 e. The van der Waals surface area contributed by atoms with Crippen molar-refractivity contribution in [2.24, 2.45) is 5.73 Å². The van der Waals surface area contributed by atoms with Gasteiger partial charge in [0.1, 0.15) is 5.69 Å². The first kappa shape index (κ1) is 17.7. The molecular weight excluding hydrogens is 311 g/mol. The minimum atomic E-state index is -0.693. The van der Waals surface area contributed by atoms with E-state index >= 15 is 0 Å². The molecule has 7 heteroatoms. The molecule has 4 N–H and O–H groups in total. The number of hydrogen-bond acceptors (Lipinski definition) is 5. The van der Waals surface area contributed by atoms with E-state index in [1.54, 1.807) is 6.92 Å². The standard InChI is InChI=1S/C17H21FN4O2/c1-3-4-5-6-11-15(18)13(7-10(2)16(11)19)24-14-9-21-12(8-22-14)17(20)23/h7-9H,3-6,19H2,1-2H3,(H2,20,23). The molecule has 0 atom stereocenters. The molecule has 24 heavy (non-hydrogen) atoms. The van der Waals surface area contributed by atoms with Gasteiger partial charge >= 0.3 is 0 Å². The van der Waals surface area contributed by atoms with Crippen LogP contribution in [-0.2, 0) is 6.42 Å². The van der Waals surface area contributed by atoms with E-state index in [4.69, 9.17) is 16.2 Å². The summed E-state index contributed by atoms with van der Waals surface area (Å²) < 4.78 is 20.2. The molecule has 0 saturated heterocycles. The number of benzene rings is 1. The lowest BCUT2D eigenvalue weighted by molar-refractivity contribution is 0.0995. The number of carbonyl (C=O) groups is 1. The second-order valence-electron chi connectivity index (χ2n) is 5.56. The van der Waals surface area contributed by atoms with Crippen molar-refractivity contribution in [3.63, 3.8) is 0 Å². The van der Waals surface area contributed by atoms with E-state index in [2.05, 4.69) is 16.9 Å². The van der Waals surface area contributed by atoms with Crippen LogP contribution >= 0.6 is 0 Å². The van der Waals surface area contributed by atoms with Crippen molar-refractivity contribution in [3.8, 4) is 11.6 Å². The molecule has 2 aromatic rings. The first-order chi connectivity index (χ1) is 11.4. The number of primary amides is 1. The summed E-state index contributed by atoms with van der Waals surface area (Å²) in [5.74, 6) is -1.08. The number of aryl methyl sites for hydroxylation is 1. The number of nitrogens with zero attached hydrogens (tertiary/aromatic N) is 2. The van der Waals surface area contributed by atoms with Gasteiger partial charge in [0, 0.05) is 11.3 Å². The summed E-state index contributed by atoms with van der Waals surface area (Å²) in [6.45, 7) is 3.88. The Labute approximate surface area is 140 Å². The van der Waals surface area contributed by atoms with Crippen LogP contribution in [0.25, 0.3) is 0 Å². The van der Waals surface area contributed by atoms with Crippen LogP contribution < -0.4 is 16.2 Å². The Bertz CT molecular complexity index is 732. The highest BCUT2D eigenvalue weighted by molar-refractivity contribution is 5.90. The lowest BCUT2D eigenvalue weighted by atomic mass is 10.0. The lowest BCUT2D eigenvalue weighted by Crippen LogP contribution is -2.13. The van der Waals surface area contributed by atoms with Crippen molar-refractivity contribution in [2.45, 2.75) is 39.5 Å². The van der Waals surface area contributed by atoms with Gasteiger partial charge in [-0.05, 0) is 31.4 Å². The van der Waals surface area contributed by atoms with Gasteiger partial charge in [-0.15, -0.1) is 0 Å². The zero-order valence-electron chi connectivity index (χ0n) is 13.8. The normalized spacial score (nSPS) is 10.6. The van der Waals surface area contributed by atoms with Crippen LogP contribution in [-0.4, -0.2) is 15.9 Å². The summed E-state index contributed by atoms with van der Waals surface area (Å²) in [7, 11) is 0. The predicted octanol–water partition coefficient (Wildman–Crippen LogP) is 3.13. The summed E-state index contributed by atoms with van der Waals surface area (Å²) >= 11 is 0. The summed E-state index contributed by atoms with van der Waals surface area (Å²) in [6, 6.07) is 1.53. The molecule has 0 spiro atoms. The second-order valence-corrected chi connectivity index (χ2v) is 5.56. The first-order valence-corrected chi connectivity index (χ1v) is 7.81. The molecule has 0 saturated carbocycles. The molecular formula is C17H21FN4O2. The lowest BCUT2D eigenvalue weighted by Gasteiger charge is -2.14. The minimum Gasteiger partial charge on any atom is -0.434 e. The van der Waals surface area contributed by atoms with Gasteiger partial charge < -0.3 is 16.2 Å². The third kappa shape index (κ3) is 3.98. The quantitative estimate of drug-likeness (QED) is 0.599. The fraction of sp³-hybridized carbons (Fsp3) is 0.353. The molecule has 0 aliphatic carbocycles. The summed E-state index contributed by atoms with van der Waals surface area (Å²) in [6.07, 6.45) is 5.86. The highest BCUT2D eigenvalue weighted by atomic mass is 19.1.